The van der Waals surface area contributed by atoms with Crippen LogP contribution in [0.2, 0.25) is 0 Å². The highest BCUT2D eigenvalue weighted by Crippen LogP contribution is 2.17. The normalized spacial score (nSPS) is 12.9. The monoisotopic (exact) mass is 285 g/mol. The SMILES string of the molecule is Cc1cc(NCC(CN)C(C)C)cnc1Br. The molecule has 0 radical (unpaired) electrons. The molecule has 1 heterocycles. The van der Waals surface area contributed by atoms with Crippen LogP contribution in [0.15, 0.2) is 16.9 Å². The van der Waals surface area contributed by atoms with Gasteiger partial charge in [0.15, 0.2) is 0 Å². The molecule has 0 spiro atoms. The van der Waals surface area contributed by atoms with Gasteiger partial charge in [0.2, 0.25) is 0 Å². The van der Waals surface area contributed by atoms with Gasteiger partial charge in [-0.2, -0.15) is 0 Å². The number of anilines is 1. The fourth-order valence-electron chi connectivity index (χ4n) is 1.49. The van der Waals surface area contributed by atoms with E-state index in [0.717, 1.165) is 22.4 Å². The van der Waals surface area contributed by atoms with Gasteiger partial charge in [0.05, 0.1) is 11.9 Å². The van der Waals surface area contributed by atoms with Gasteiger partial charge in [0, 0.05) is 6.54 Å². The summed E-state index contributed by atoms with van der Waals surface area (Å²) in [6.45, 7) is 8.05. The number of pyridine rings is 1. The minimum atomic E-state index is 0.504. The topological polar surface area (TPSA) is 50.9 Å². The molecule has 0 aromatic carbocycles. The molecule has 0 saturated carbocycles. The van der Waals surface area contributed by atoms with E-state index < -0.39 is 0 Å². The summed E-state index contributed by atoms with van der Waals surface area (Å²) in [6, 6.07) is 2.09. The lowest BCUT2D eigenvalue weighted by molar-refractivity contribution is 0.413. The van der Waals surface area contributed by atoms with Crippen LogP contribution in [0.5, 0.6) is 0 Å². The largest absolute Gasteiger partial charge is 0.383 e. The molecule has 0 aliphatic carbocycles. The number of aromatic nitrogens is 1. The van der Waals surface area contributed by atoms with Crippen LogP contribution in [0.3, 0.4) is 0 Å². The van der Waals surface area contributed by atoms with Gasteiger partial charge >= 0.3 is 0 Å². The standard InChI is InChI=1S/C12H20BrN3/c1-8(2)10(5-14)6-15-11-4-9(3)12(13)16-7-11/h4,7-8,10,15H,5-6,14H2,1-3H3. The number of nitrogens with two attached hydrogens (primary N) is 1. The average molecular weight is 286 g/mol. The summed E-state index contributed by atoms with van der Waals surface area (Å²) in [4.78, 5) is 4.25. The smallest absolute Gasteiger partial charge is 0.109 e. The first-order valence-corrected chi connectivity index (χ1v) is 6.40. The van der Waals surface area contributed by atoms with Gasteiger partial charge in [-0.3, -0.25) is 0 Å². The summed E-state index contributed by atoms with van der Waals surface area (Å²) in [5.74, 6) is 1.10. The zero-order valence-electron chi connectivity index (χ0n) is 10.1. The molecule has 0 fully saturated rings. The minimum absolute atomic E-state index is 0.504. The summed E-state index contributed by atoms with van der Waals surface area (Å²) in [5, 5.41) is 3.38. The van der Waals surface area contributed by atoms with Gasteiger partial charge in [-0.1, -0.05) is 13.8 Å². The third kappa shape index (κ3) is 3.76. The Hall–Kier alpha value is -0.610. The second-order valence-electron chi connectivity index (χ2n) is 4.45. The Morgan fingerprint density at radius 2 is 2.19 bits per heavy atom. The van der Waals surface area contributed by atoms with E-state index in [1.54, 1.807) is 0 Å². The molecule has 1 unspecified atom stereocenters. The van der Waals surface area contributed by atoms with Crippen LogP contribution in [0.25, 0.3) is 0 Å². The van der Waals surface area contributed by atoms with E-state index in [1.807, 2.05) is 13.1 Å². The van der Waals surface area contributed by atoms with Crippen molar-refractivity contribution in [2.24, 2.45) is 17.6 Å². The molecule has 0 bridgehead atoms. The fourth-order valence-corrected chi connectivity index (χ4v) is 1.71. The maximum absolute atomic E-state index is 5.73. The van der Waals surface area contributed by atoms with Gasteiger partial charge < -0.3 is 11.1 Å². The first-order valence-electron chi connectivity index (χ1n) is 5.60. The number of hydrogen-bond donors (Lipinski definition) is 2. The molecule has 1 rings (SSSR count). The van der Waals surface area contributed by atoms with Crippen LogP contribution in [0.4, 0.5) is 5.69 Å². The Labute approximate surface area is 106 Å². The second-order valence-corrected chi connectivity index (χ2v) is 5.20. The molecule has 4 heteroatoms. The molecular formula is C12H20BrN3. The molecule has 3 nitrogen and oxygen atoms in total. The number of aryl methyl sites for hydroxylation is 1. The Morgan fingerprint density at radius 3 is 2.69 bits per heavy atom. The molecule has 0 aliphatic heterocycles. The molecule has 0 amide bonds. The maximum atomic E-state index is 5.73. The number of hydrogen-bond acceptors (Lipinski definition) is 3. The predicted molar refractivity (Wildman–Crippen MR) is 72.5 cm³/mol. The molecule has 90 valence electrons. The van der Waals surface area contributed by atoms with Crippen LogP contribution in [0, 0.1) is 18.8 Å². The summed E-state index contributed by atoms with van der Waals surface area (Å²) < 4.78 is 0.900. The lowest BCUT2D eigenvalue weighted by Gasteiger charge is -2.20. The van der Waals surface area contributed by atoms with Crippen LogP contribution < -0.4 is 11.1 Å². The molecule has 0 saturated heterocycles. The van der Waals surface area contributed by atoms with E-state index in [1.165, 1.54) is 0 Å². The third-order valence-electron chi connectivity index (χ3n) is 2.83. The van der Waals surface area contributed by atoms with Crippen molar-refractivity contribution in [1.29, 1.82) is 0 Å². The zero-order chi connectivity index (χ0) is 12.1. The van der Waals surface area contributed by atoms with Crippen molar-refractivity contribution in [3.05, 3.63) is 22.4 Å². The molecule has 0 aliphatic rings. The van der Waals surface area contributed by atoms with Crippen LogP contribution >= 0.6 is 15.9 Å². The van der Waals surface area contributed by atoms with E-state index in [2.05, 4.69) is 46.1 Å². The van der Waals surface area contributed by atoms with Crippen molar-refractivity contribution in [3.63, 3.8) is 0 Å². The van der Waals surface area contributed by atoms with E-state index in [9.17, 15) is 0 Å². The van der Waals surface area contributed by atoms with Crippen molar-refractivity contribution in [2.75, 3.05) is 18.4 Å². The van der Waals surface area contributed by atoms with Gasteiger partial charge in [-0.25, -0.2) is 4.98 Å². The first-order chi connectivity index (χ1) is 7.54. The highest BCUT2D eigenvalue weighted by Gasteiger charge is 2.11. The van der Waals surface area contributed by atoms with E-state index in [0.29, 0.717) is 18.4 Å². The Kier molecular flexibility index (Phi) is 5.22. The van der Waals surface area contributed by atoms with Crippen molar-refractivity contribution in [1.82, 2.24) is 4.98 Å². The Bertz CT molecular complexity index is 339. The number of nitrogens with one attached hydrogen (secondary N) is 1. The predicted octanol–water partition coefficient (Wildman–Crippen LogP) is 2.80. The van der Waals surface area contributed by atoms with Crippen molar-refractivity contribution >= 4 is 21.6 Å². The molecule has 1 atom stereocenters. The van der Waals surface area contributed by atoms with Gasteiger partial charge in [0.1, 0.15) is 4.60 Å². The van der Waals surface area contributed by atoms with Crippen LogP contribution in [0.1, 0.15) is 19.4 Å². The van der Waals surface area contributed by atoms with Gasteiger partial charge in [0.25, 0.3) is 0 Å². The quantitative estimate of drug-likeness (QED) is 0.818. The highest BCUT2D eigenvalue weighted by molar-refractivity contribution is 9.10. The van der Waals surface area contributed by atoms with Gasteiger partial charge in [-0.15, -0.1) is 0 Å². The lowest BCUT2D eigenvalue weighted by atomic mass is 9.96. The van der Waals surface area contributed by atoms with Crippen LogP contribution in [-0.4, -0.2) is 18.1 Å². The molecule has 1 aromatic rings. The number of rotatable bonds is 5. The zero-order valence-corrected chi connectivity index (χ0v) is 11.7. The van der Waals surface area contributed by atoms with Crippen molar-refractivity contribution < 1.29 is 0 Å². The maximum Gasteiger partial charge on any atom is 0.109 e. The van der Waals surface area contributed by atoms with Crippen molar-refractivity contribution in [2.45, 2.75) is 20.8 Å². The number of nitrogens with zero attached hydrogens (tertiary/aromatic N) is 1. The Balaban J connectivity index is 2.57. The van der Waals surface area contributed by atoms with Gasteiger partial charge in [-0.05, 0) is 52.9 Å². The van der Waals surface area contributed by atoms with E-state index in [-0.39, 0.29) is 0 Å². The molecular weight excluding hydrogens is 266 g/mol. The fraction of sp³-hybridized carbons (Fsp3) is 0.583. The highest BCUT2D eigenvalue weighted by atomic mass is 79.9. The molecule has 3 N–H and O–H groups in total. The van der Waals surface area contributed by atoms with E-state index >= 15 is 0 Å². The van der Waals surface area contributed by atoms with Crippen molar-refractivity contribution in [3.8, 4) is 0 Å². The Morgan fingerprint density at radius 1 is 1.50 bits per heavy atom. The van der Waals surface area contributed by atoms with E-state index in [4.69, 9.17) is 5.73 Å². The lowest BCUT2D eigenvalue weighted by Crippen LogP contribution is -2.27. The average Bonchev–Trinajstić information content (AvgIpc) is 2.23. The summed E-state index contributed by atoms with van der Waals surface area (Å²) >= 11 is 3.39. The molecule has 1 aromatic heterocycles. The minimum Gasteiger partial charge on any atom is -0.383 e. The first kappa shape index (κ1) is 13.5. The third-order valence-corrected chi connectivity index (χ3v) is 3.66. The summed E-state index contributed by atoms with van der Waals surface area (Å²) in [6.07, 6.45) is 1.84. The van der Waals surface area contributed by atoms with Crippen LogP contribution in [-0.2, 0) is 0 Å². The summed E-state index contributed by atoms with van der Waals surface area (Å²) in [7, 11) is 0. The second kappa shape index (κ2) is 6.21. The number of halogens is 1. The molecule has 16 heavy (non-hydrogen) atoms. The summed E-state index contributed by atoms with van der Waals surface area (Å²) in [5.41, 5.74) is 7.92.